The lowest BCUT2D eigenvalue weighted by molar-refractivity contribution is -0.137. The minimum absolute atomic E-state index is 0.0698. The molecule has 0 bridgehead atoms. The third-order valence-corrected chi connectivity index (χ3v) is 4.82. The molecule has 0 N–H and O–H groups in total. The van der Waals surface area contributed by atoms with Crippen molar-refractivity contribution in [2.45, 2.75) is 37.7 Å². The van der Waals surface area contributed by atoms with E-state index in [9.17, 15) is 9.18 Å². The van der Waals surface area contributed by atoms with Crippen LogP contribution >= 0.6 is 15.9 Å². The average molecular weight is 327 g/mol. The molecule has 4 heteroatoms. The van der Waals surface area contributed by atoms with Gasteiger partial charge in [-0.3, -0.25) is 4.79 Å². The van der Waals surface area contributed by atoms with E-state index < -0.39 is 5.82 Å². The van der Waals surface area contributed by atoms with E-state index in [1.54, 1.807) is 12.1 Å². The van der Waals surface area contributed by atoms with E-state index >= 15 is 0 Å². The van der Waals surface area contributed by atoms with Crippen molar-refractivity contribution < 1.29 is 13.9 Å². The monoisotopic (exact) mass is 326 g/mol. The Morgan fingerprint density at radius 1 is 1.42 bits per heavy atom. The van der Waals surface area contributed by atoms with Crippen LogP contribution in [0, 0.1) is 11.7 Å². The zero-order chi connectivity index (χ0) is 13.5. The smallest absolute Gasteiger partial charge is 0.169 e. The summed E-state index contributed by atoms with van der Waals surface area (Å²) >= 11 is 3.21. The highest BCUT2D eigenvalue weighted by atomic mass is 79.9. The average Bonchev–Trinajstić information content (AvgIpc) is 2.36. The first-order valence-electron chi connectivity index (χ1n) is 6.73. The minimum atomic E-state index is -0.437. The number of hydrogen-bond acceptors (Lipinski definition) is 2. The zero-order valence-electron chi connectivity index (χ0n) is 10.6. The van der Waals surface area contributed by atoms with Gasteiger partial charge in [0.15, 0.2) is 5.78 Å². The quantitative estimate of drug-likeness (QED) is 0.764. The van der Waals surface area contributed by atoms with Crippen LogP contribution in [0.1, 0.15) is 42.5 Å². The number of Topliss-reactive ketones (excluding diaryl/α,β-unsaturated/α-hetero) is 1. The summed E-state index contributed by atoms with van der Waals surface area (Å²) in [5.41, 5.74) is 0.134. The molecule has 1 spiro atoms. The van der Waals surface area contributed by atoms with Crippen LogP contribution in [0.25, 0.3) is 0 Å². The lowest BCUT2D eigenvalue weighted by atomic mass is 9.70. The van der Waals surface area contributed by atoms with E-state index in [2.05, 4.69) is 15.9 Å². The van der Waals surface area contributed by atoms with Gasteiger partial charge in [0, 0.05) is 17.0 Å². The van der Waals surface area contributed by atoms with Crippen molar-refractivity contribution in [1.29, 1.82) is 0 Å². The van der Waals surface area contributed by atoms with Gasteiger partial charge < -0.3 is 4.74 Å². The molecule has 0 radical (unpaired) electrons. The zero-order valence-corrected chi connectivity index (χ0v) is 12.2. The standard InChI is InChI=1S/C15H16BrFO2/c16-11-2-3-12(13(17)8-11)14(18)10-4-7-19-15(9-10)5-1-6-15/h2-3,8,10H,1,4-7,9H2. The molecule has 1 heterocycles. The molecule has 1 saturated carbocycles. The summed E-state index contributed by atoms with van der Waals surface area (Å²) in [6, 6.07) is 4.64. The maximum atomic E-state index is 13.9. The number of carbonyl (C=O) groups excluding carboxylic acids is 1. The number of benzene rings is 1. The van der Waals surface area contributed by atoms with Gasteiger partial charge >= 0.3 is 0 Å². The molecule has 1 saturated heterocycles. The van der Waals surface area contributed by atoms with Crippen LogP contribution in [0.2, 0.25) is 0 Å². The molecule has 102 valence electrons. The van der Waals surface area contributed by atoms with Crippen molar-refractivity contribution in [2.75, 3.05) is 6.61 Å². The van der Waals surface area contributed by atoms with Crippen molar-refractivity contribution in [3.63, 3.8) is 0 Å². The molecule has 19 heavy (non-hydrogen) atoms. The summed E-state index contributed by atoms with van der Waals surface area (Å²) in [5, 5.41) is 0. The highest BCUT2D eigenvalue weighted by Crippen LogP contribution is 2.45. The molecule has 0 amide bonds. The number of rotatable bonds is 2. The van der Waals surface area contributed by atoms with Gasteiger partial charge in [0.05, 0.1) is 11.2 Å². The molecule has 1 unspecified atom stereocenters. The first-order chi connectivity index (χ1) is 9.10. The number of carbonyl (C=O) groups is 1. The molecule has 1 aromatic rings. The summed E-state index contributed by atoms with van der Waals surface area (Å²) in [5.74, 6) is -0.599. The van der Waals surface area contributed by atoms with E-state index in [-0.39, 0.29) is 22.9 Å². The highest BCUT2D eigenvalue weighted by molar-refractivity contribution is 9.10. The SMILES string of the molecule is O=C(c1ccc(Br)cc1F)C1CCOC2(CCC2)C1. The first-order valence-corrected chi connectivity index (χ1v) is 7.52. The maximum Gasteiger partial charge on any atom is 0.169 e. The molecule has 1 atom stereocenters. The van der Waals surface area contributed by atoms with Crippen molar-refractivity contribution >= 4 is 21.7 Å². The van der Waals surface area contributed by atoms with Gasteiger partial charge in [-0.05, 0) is 50.3 Å². The largest absolute Gasteiger partial charge is 0.375 e. The molecular formula is C15H16BrFO2. The predicted octanol–water partition coefficient (Wildman–Crippen LogP) is 4.12. The van der Waals surface area contributed by atoms with E-state index in [1.165, 1.54) is 12.5 Å². The minimum Gasteiger partial charge on any atom is -0.375 e. The summed E-state index contributed by atoms with van der Waals surface area (Å²) in [4.78, 5) is 12.4. The highest BCUT2D eigenvalue weighted by Gasteiger charge is 2.44. The molecular weight excluding hydrogens is 311 g/mol. The van der Waals surface area contributed by atoms with E-state index in [4.69, 9.17) is 4.74 Å². The van der Waals surface area contributed by atoms with Crippen LogP contribution in [-0.2, 0) is 4.74 Å². The Morgan fingerprint density at radius 2 is 2.21 bits per heavy atom. The van der Waals surface area contributed by atoms with Gasteiger partial charge in [0.1, 0.15) is 5.82 Å². The van der Waals surface area contributed by atoms with E-state index in [0.29, 0.717) is 17.5 Å². The maximum absolute atomic E-state index is 13.9. The van der Waals surface area contributed by atoms with Crippen LogP contribution < -0.4 is 0 Å². The second-order valence-electron chi connectivity index (χ2n) is 5.56. The molecule has 3 rings (SSSR count). The normalized spacial score (nSPS) is 25.1. The fourth-order valence-corrected chi connectivity index (χ4v) is 3.41. The molecule has 2 fully saturated rings. The first kappa shape index (κ1) is 13.3. The number of ketones is 1. The van der Waals surface area contributed by atoms with Crippen molar-refractivity contribution in [1.82, 2.24) is 0 Å². The molecule has 1 aliphatic heterocycles. The van der Waals surface area contributed by atoms with Gasteiger partial charge in [0.25, 0.3) is 0 Å². The fraction of sp³-hybridized carbons (Fsp3) is 0.533. The summed E-state index contributed by atoms with van der Waals surface area (Å²) in [6.07, 6.45) is 4.71. The van der Waals surface area contributed by atoms with Gasteiger partial charge in [-0.2, -0.15) is 0 Å². The van der Waals surface area contributed by atoms with Crippen LogP contribution in [-0.4, -0.2) is 18.0 Å². The lowest BCUT2D eigenvalue weighted by Crippen LogP contribution is -2.47. The lowest BCUT2D eigenvalue weighted by Gasteiger charge is -2.46. The molecule has 1 aliphatic carbocycles. The summed E-state index contributed by atoms with van der Waals surface area (Å²) < 4.78 is 20.3. The predicted molar refractivity (Wildman–Crippen MR) is 73.7 cm³/mol. The fourth-order valence-electron chi connectivity index (χ4n) is 3.08. The topological polar surface area (TPSA) is 26.3 Å². The summed E-state index contributed by atoms with van der Waals surface area (Å²) in [7, 11) is 0. The summed E-state index contributed by atoms with van der Waals surface area (Å²) in [6.45, 7) is 0.620. The third kappa shape index (κ3) is 2.48. The van der Waals surface area contributed by atoms with Crippen molar-refractivity contribution in [3.05, 3.63) is 34.1 Å². The molecule has 0 aromatic heterocycles. The second-order valence-corrected chi connectivity index (χ2v) is 6.48. The van der Waals surface area contributed by atoms with Gasteiger partial charge in [-0.15, -0.1) is 0 Å². The van der Waals surface area contributed by atoms with Gasteiger partial charge in [-0.1, -0.05) is 15.9 Å². The Kier molecular flexibility index (Phi) is 3.48. The Bertz CT molecular complexity index is 511. The van der Waals surface area contributed by atoms with Crippen LogP contribution in [0.3, 0.4) is 0 Å². The van der Waals surface area contributed by atoms with E-state index in [1.807, 2.05) is 0 Å². The van der Waals surface area contributed by atoms with E-state index in [0.717, 1.165) is 19.3 Å². The number of hydrogen-bond donors (Lipinski definition) is 0. The second kappa shape index (κ2) is 4.98. The van der Waals surface area contributed by atoms with Gasteiger partial charge in [0.2, 0.25) is 0 Å². The van der Waals surface area contributed by atoms with Crippen LogP contribution in [0.4, 0.5) is 4.39 Å². The Balaban J connectivity index is 1.79. The molecule has 2 aliphatic rings. The van der Waals surface area contributed by atoms with Crippen molar-refractivity contribution in [3.8, 4) is 0 Å². The number of ether oxygens (including phenoxy) is 1. The Hall–Kier alpha value is -0.740. The van der Waals surface area contributed by atoms with Crippen LogP contribution in [0.15, 0.2) is 22.7 Å². The Morgan fingerprint density at radius 3 is 2.84 bits per heavy atom. The van der Waals surface area contributed by atoms with Crippen LogP contribution in [0.5, 0.6) is 0 Å². The molecule has 1 aromatic carbocycles. The van der Waals surface area contributed by atoms with Crippen molar-refractivity contribution in [2.24, 2.45) is 5.92 Å². The third-order valence-electron chi connectivity index (χ3n) is 4.33. The number of halogens is 2. The Labute approximate surface area is 120 Å². The van der Waals surface area contributed by atoms with Gasteiger partial charge in [-0.25, -0.2) is 4.39 Å². The molecule has 2 nitrogen and oxygen atoms in total.